The normalized spacial score (nSPS) is 15.1. The minimum Gasteiger partial charge on any atom is -0.494 e. The topological polar surface area (TPSA) is 84.5 Å². The summed E-state index contributed by atoms with van der Waals surface area (Å²) in [6.07, 6.45) is 4.94. The van der Waals surface area contributed by atoms with Crippen LogP contribution in [0.15, 0.2) is 47.4 Å². The highest BCUT2D eigenvalue weighted by atomic mass is 32.2. The number of amides is 1. The molecular formula is C22H28N2O4S. The van der Waals surface area contributed by atoms with Gasteiger partial charge < -0.3 is 10.1 Å². The second-order valence-corrected chi connectivity index (χ2v) is 9.06. The van der Waals surface area contributed by atoms with Gasteiger partial charge in [-0.3, -0.25) is 4.79 Å². The zero-order chi connectivity index (χ0) is 20.9. The Kier molecular flexibility index (Phi) is 6.92. The lowest BCUT2D eigenvalue weighted by Gasteiger charge is -2.22. The molecule has 0 aromatic heterocycles. The van der Waals surface area contributed by atoms with Crippen molar-refractivity contribution in [2.24, 2.45) is 0 Å². The molecule has 1 amide bonds. The molecule has 6 nitrogen and oxygen atoms in total. The Bertz CT molecular complexity index is 949. The van der Waals surface area contributed by atoms with Crippen LogP contribution in [0.2, 0.25) is 0 Å². The van der Waals surface area contributed by atoms with E-state index < -0.39 is 10.0 Å². The molecule has 0 aliphatic heterocycles. The number of hydrogen-bond donors (Lipinski definition) is 2. The fraction of sp³-hybridized carbons (Fsp3) is 0.409. The lowest BCUT2D eigenvalue weighted by atomic mass is 9.96. The van der Waals surface area contributed by atoms with Gasteiger partial charge in [0.2, 0.25) is 10.0 Å². The third-order valence-electron chi connectivity index (χ3n) is 5.11. The number of anilines is 1. The maximum atomic E-state index is 12.8. The van der Waals surface area contributed by atoms with E-state index in [0.717, 1.165) is 37.9 Å². The van der Waals surface area contributed by atoms with Crippen LogP contribution in [0.4, 0.5) is 5.69 Å². The predicted molar refractivity (Wildman–Crippen MR) is 114 cm³/mol. The molecule has 29 heavy (non-hydrogen) atoms. The number of aryl methyl sites for hydroxylation is 1. The van der Waals surface area contributed by atoms with Crippen LogP contribution in [0, 0.1) is 6.92 Å². The van der Waals surface area contributed by atoms with Crippen molar-refractivity contribution >= 4 is 21.6 Å². The molecule has 156 valence electrons. The molecule has 1 fully saturated rings. The highest BCUT2D eigenvalue weighted by molar-refractivity contribution is 7.89. The zero-order valence-corrected chi connectivity index (χ0v) is 17.7. The molecule has 0 spiro atoms. The molecule has 3 rings (SSSR count). The molecule has 7 heteroatoms. The van der Waals surface area contributed by atoms with Gasteiger partial charge in [-0.1, -0.05) is 25.3 Å². The first-order chi connectivity index (χ1) is 13.9. The largest absolute Gasteiger partial charge is 0.494 e. The predicted octanol–water partition coefficient (Wildman–Crippen LogP) is 4.26. The second kappa shape index (κ2) is 9.41. The van der Waals surface area contributed by atoms with Crippen LogP contribution in [0.5, 0.6) is 5.75 Å². The number of carbonyl (C=O) groups excluding carboxylic acids is 1. The molecular weight excluding hydrogens is 388 g/mol. The van der Waals surface area contributed by atoms with Crippen LogP contribution in [0.1, 0.15) is 54.9 Å². The molecule has 0 unspecified atom stereocenters. The summed E-state index contributed by atoms with van der Waals surface area (Å²) >= 11 is 0. The standard InChI is InChI=1S/C22H28N2O4S/c1-3-28-19-12-10-17(11-13-19)23-22(25)21-15-20(14-9-16(21)2)29(26,27)24-18-7-5-4-6-8-18/h9-15,18,24H,3-8H2,1-2H3,(H,23,25). The number of carbonyl (C=O) groups is 1. The first-order valence-electron chi connectivity index (χ1n) is 10.1. The van der Waals surface area contributed by atoms with Gasteiger partial charge in [0.05, 0.1) is 11.5 Å². The van der Waals surface area contributed by atoms with Crippen molar-refractivity contribution < 1.29 is 17.9 Å². The van der Waals surface area contributed by atoms with Gasteiger partial charge in [-0.05, 0) is 68.7 Å². The third kappa shape index (κ3) is 5.58. The van der Waals surface area contributed by atoms with Crippen LogP contribution in [-0.2, 0) is 10.0 Å². The molecule has 0 bridgehead atoms. The van der Waals surface area contributed by atoms with E-state index in [1.807, 2.05) is 6.92 Å². The van der Waals surface area contributed by atoms with Crippen molar-refractivity contribution in [1.29, 1.82) is 0 Å². The fourth-order valence-corrected chi connectivity index (χ4v) is 4.85. The van der Waals surface area contributed by atoms with Crippen LogP contribution >= 0.6 is 0 Å². The van der Waals surface area contributed by atoms with Crippen molar-refractivity contribution in [2.45, 2.75) is 56.9 Å². The molecule has 2 aromatic carbocycles. The minimum absolute atomic E-state index is 0.0313. The summed E-state index contributed by atoms with van der Waals surface area (Å²) in [6, 6.07) is 11.7. The number of ether oxygens (including phenoxy) is 1. The minimum atomic E-state index is -3.66. The fourth-order valence-electron chi connectivity index (χ4n) is 3.52. The highest BCUT2D eigenvalue weighted by Crippen LogP contribution is 2.22. The molecule has 2 N–H and O–H groups in total. The quantitative estimate of drug-likeness (QED) is 0.706. The number of benzene rings is 2. The van der Waals surface area contributed by atoms with Gasteiger partial charge in [-0.15, -0.1) is 0 Å². The first-order valence-corrected chi connectivity index (χ1v) is 11.5. The molecule has 1 aliphatic rings. The maximum absolute atomic E-state index is 12.8. The van der Waals surface area contributed by atoms with Gasteiger partial charge in [0, 0.05) is 17.3 Å². The molecule has 2 aromatic rings. The van der Waals surface area contributed by atoms with Gasteiger partial charge in [-0.25, -0.2) is 13.1 Å². The zero-order valence-electron chi connectivity index (χ0n) is 16.9. The summed E-state index contributed by atoms with van der Waals surface area (Å²) < 4.78 is 33.8. The van der Waals surface area contributed by atoms with Crippen molar-refractivity contribution in [3.8, 4) is 5.75 Å². The number of hydrogen-bond acceptors (Lipinski definition) is 4. The summed E-state index contributed by atoms with van der Waals surface area (Å²) in [5.74, 6) is 0.380. The van der Waals surface area contributed by atoms with Gasteiger partial charge in [0.15, 0.2) is 0 Å². The average Bonchev–Trinajstić information content (AvgIpc) is 2.70. The Balaban J connectivity index is 1.76. The third-order valence-corrected chi connectivity index (χ3v) is 6.63. The summed E-state index contributed by atoms with van der Waals surface area (Å²) in [5.41, 5.74) is 1.67. The van der Waals surface area contributed by atoms with Crippen LogP contribution in [0.25, 0.3) is 0 Å². The molecule has 0 heterocycles. The molecule has 0 radical (unpaired) electrons. The van der Waals surface area contributed by atoms with E-state index in [9.17, 15) is 13.2 Å². The lowest BCUT2D eigenvalue weighted by molar-refractivity contribution is 0.102. The van der Waals surface area contributed by atoms with Gasteiger partial charge in [0.1, 0.15) is 5.75 Å². The van der Waals surface area contributed by atoms with Crippen LogP contribution in [-0.4, -0.2) is 27.0 Å². The van der Waals surface area contributed by atoms with E-state index in [1.54, 1.807) is 43.3 Å². The SMILES string of the molecule is CCOc1ccc(NC(=O)c2cc(S(=O)(=O)NC3CCCCC3)ccc2C)cc1. The van der Waals surface area contributed by atoms with E-state index in [2.05, 4.69) is 10.0 Å². The summed E-state index contributed by atoms with van der Waals surface area (Å²) in [5, 5.41) is 2.82. The van der Waals surface area contributed by atoms with Gasteiger partial charge in [-0.2, -0.15) is 0 Å². The Morgan fingerprint density at radius 2 is 1.76 bits per heavy atom. The van der Waals surface area contributed by atoms with E-state index in [4.69, 9.17) is 4.74 Å². The molecule has 0 saturated heterocycles. The Labute approximate surface area is 172 Å². The van der Waals surface area contributed by atoms with Gasteiger partial charge in [0.25, 0.3) is 5.91 Å². The van der Waals surface area contributed by atoms with E-state index >= 15 is 0 Å². The number of rotatable bonds is 7. The number of sulfonamides is 1. The Hall–Kier alpha value is -2.38. The molecule has 1 saturated carbocycles. The van der Waals surface area contributed by atoms with E-state index in [-0.39, 0.29) is 16.8 Å². The van der Waals surface area contributed by atoms with Crippen molar-refractivity contribution in [3.05, 3.63) is 53.6 Å². The maximum Gasteiger partial charge on any atom is 0.255 e. The smallest absolute Gasteiger partial charge is 0.255 e. The van der Waals surface area contributed by atoms with Gasteiger partial charge >= 0.3 is 0 Å². The monoisotopic (exact) mass is 416 g/mol. The summed E-state index contributed by atoms with van der Waals surface area (Å²) in [7, 11) is -3.66. The average molecular weight is 417 g/mol. The highest BCUT2D eigenvalue weighted by Gasteiger charge is 2.23. The second-order valence-electron chi connectivity index (χ2n) is 7.34. The van der Waals surface area contributed by atoms with Crippen LogP contribution < -0.4 is 14.8 Å². The van der Waals surface area contributed by atoms with E-state index in [0.29, 0.717) is 23.4 Å². The van der Waals surface area contributed by atoms with Crippen molar-refractivity contribution in [1.82, 2.24) is 4.72 Å². The number of nitrogens with one attached hydrogen (secondary N) is 2. The summed E-state index contributed by atoms with van der Waals surface area (Å²) in [6.45, 7) is 4.27. The van der Waals surface area contributed by atoms with Crippen molar-refractivity contribution in [3.63, 3.8) is 0 Å². The van der Waals surface area contributed by atoms with Crippen molar-refractivity contribution in [2.75, 3.05) is 11.9 Å². The van der Waals surface area contributed by atoms with Crippen LogP contribution in [0.3, 0.4) is 0 Å². The first kappa shape index (κ1) is 21.3. The Morgan fingerprint density at radius 1 is 1.07 bits per heavy atom. The molecule has 0 atom stereocenters. The molecule has 1 aliphatic carbocycles. The Morgan fingerprint density at radius 3 is 2.41 bits per heavy atom. The lowest BCUT2D eigenvalue weighted by Crippen LogP contribution is -2.36. The van der Waals surface area contributed by atoms with E-state index in [1.165, 1.54) is 6.07 Å². The summed E-state index contributed by atoms with van der Waals surface area (Å²) in [4.78, 5) is 12.9.